The maximum atomic E-state index is 4.69. The fraction of sp³-hybridized carbons (Fsp3) is 0.412. The van der Waals surface area contributed by atoms with E-state index >= 15 is 0 Å². The Balaban J connectivity index is 2.38. The van der Waals surface area contributed by atoms with Gasteiger partial charge in [0.2, 0.25) is 0 Å². The lowest BCUT2D eigenvalue weighted by atomic mass is 10.1. The van der Waals surface area contributed by atoms with E-state index in [9.17, 15) is 0 Å². The molecular weight excluding hydrogens is 246 g/mol. The first-order valence-corrected chi connectivity index (χ1v) is 7.12. The number of nitrogens with one attached hydrogen (secondary N) is 1. The lowest BCUT2D eigenvalue weighted by molar-refractivity contribution is 0.583. The molecule has 0 aliphatic carbocycles. The second-order valence-electron chi connectivity index (χ2n) is 5.55. The maximum Gasteiger partial charge on any atom is 0.159 e. The minimum Gasteiger partial charge on any atom is -0.310 e. The van der Waals surface area contributed by atoms with Gasteiger partial charge in [-0.2, -0.15) is 0 Å². The van der Waals surface area contributed by atoms with Crippen LogP contribution in [0.5, 0.6) is 0 Å². The molecule has 106 valence electrons. The summed E-state index contributed by atoms with van der Waals surface area (Å²) in [6.45, 7) is 11.3. The van der Waals surface area contributed by atoms with Gasteiger partial charge >= 0.3 is 0 Å². The molecule has 0 fully saturated rings. The van der Waals surface area contributed by atoms with Crippen LogP contribution in [0.25, 0.3) is 11.4 Å². The van der Waals surface area contributed by atoms with Gasteiger partial charge in [-0.3, -0.25) is 0 Å². The third-order valence-electron chi connectivity index (χ3n) is 3.49. The molecular formula is C17H23N3. The second-order valence-corrected chi connectivity index (χ2v) is 5.55. The minimum atomic E-state index is 0.463. The van der Waals surface area contributed by atoms with E-state index in [1.165, 1.54) is 11.1 Å². The zero-order chi connectivity index (χ0) is 14.7. The van der Waals surface area contributed by atoms with Gasteiger partial charge in [0.25, 0.3) is 0 Å². The van der Waals surface area contributed by atoms with Crippen LogP contribution in [0.2, 0.25) is 0 Å². The van der Waals surface area contributed by atoms with Crippen LogP contribution >= 0.6 is 0 Å². The molecule has 3 nitrogen and oxygen atoms in total. The zero-order valence-corrected chi connectivity index (χ0v) is 13.0. The van der Waals surface area contributed by atoms with Crippen LogP contribution < -0.4 is 5.32 Å². The molecule has 1 aromatic heterocycles. The Hall–Kier alpha value is -1.74. The van der Waals surface area contributed by atoms with E-state index < -0.39 is 0 Å². The summed E-state index contributed by atoms with van der Waals surface area (Å²) in [5.74, 6) is 0.825. The molecule has 1 N–H and O–H groups in total. The summed E-state index contributed by atoms with van der Waals surface area (Å²) >= 11 is 0. The van der Waals surface area contributed by atoms with Gasteiger partial charge in [0.05, 0.1) is 0 Å². The Bertz CT molecular complexity index is 580. The smallest absolute Gasteiger partial charge is 0.159 e. The Labute approximate surface area is 121 Å². The lowest BCUT2D eigenvalue weighted by Crippen LogP contribution is -2.23. The second kappa shape index (κ2) is 6.14. The molecule has 1 aromatic carbocycles. The molecule has 0 spiro atoms. The van der Waals surface area contributed by atoms with E-state index in [4.69, 9.17) is 9.97 Å². The SMILES string of the molecule is Cc1ccccc1-c1nc(C)c(CNC(C)C)c(C)n1. The fourth-order valence-corrected chi connectivity index (χ4v) is 2.25. The first-order valence-electron chi connectivity index (χ1n) is 7.12. The molecule has 0 atom stereocenters. The van der Waals surface area contributed by atoms with Gasteiger partial charge in [-0.15, -0.1) is 0 Å². The van der Waals surface area contributed by atoms with E-state index in [0.29, 0.717) is 6.04 Å². The average molecular weight is 269 g/mol. The highest BCUT2D eigenvalue weighted by Crippen LogP contribution is 2.21. The summed E-state index contributed by atoms with van der Waals surface area (Å²) in [5.41, 5.74) is 5.64. The van der Waals surface area contributed by atoms with Crippen molar-refractivity contribution >= 4 is 0 Å². The van der Waals surface area contributed by atoms with Crippen LogP contribution in [-0.4, -0.2) is 16.0 Å². The molecule has 2 rings (SSSR count). The first kappa shape index (κ1) is 14.7. The molecule has 0 bridgehead atoms. The van der Waals surface area contributed by atoms with Gasteiger partial charge in [-0.25, -0.2) is 9.97 Å². The monoisotopic (exact) mass is 269 g/mol. The standard InChI is InChI=1S/C17H23N3/c1-11(2)18-10-16-13(4)19-17(20-14(16)5)15-9-7-6-8-12(15)3/h6-9,11,18H,10H2,1-5H3. The Kier molecular flexibility index (Phi) is 4.50. The number of aromatic nitrogens is 2. The molecule has 1 heterocycles. The van der Waals surface area contributed by atoms with E-state index in [1.807, 2.05) is 12.1 Å². The number of aryl methyl sites for hydroxylation is 3. The van der Waals surface area contributed by atoms with Crippen LogP contribution in [0.15, 0.2) is 24.3 Å². The Morgan fingerprint density at radius 2 is 1.60 bits per heavy atom. The summed E-state index contributed by atoms with van der Waals surface area (Å²) in [6, 6.07) is 8.71. The molecule has 0 saturated heterocycles. The fourth-order valence-electron chi connectivity index (χ4n) is 2.25. The van der Waals surface area contributed by atoms with Gasteiger partial charge in [-0.1, -0.05) is 38.1 Å². The summed E-state index contributed by atoms with van der Waals surface area (Å²) in [7, 11) is 0. The summed E-state index contributed by atoms with van der Waals surface area (Å²) in [4.78, 5) is 9.38. The number of benzene rings is 1. The van der Waals surface area contributed by atoms with Gasteiger partial charge in [0, 0.05) is 35.1 Å². The van der Waals surface area contributed by atoms with Crippen molar-refractivity contribution in [1.29, 1.82) is 0 Å². The van der Waals surface area contributed by atoms with Gasteiger partial charge < -0.3 is 5.32 Å². The predicted molar refractivity (Wildman–Crippen MR) is 83.7 cm³/mol. The van der Waals surface area contributed by atoms with E-state index in [2.05, 4.69) is 52.1 Å². The first-order chi connectivity index (χ1) is 9.49. The molecule has 2 aromatic rings. The summed E-state index contributed by atoms with van der Waals surface area (Å²) < 4.78 is 0. The molecule has 0 amide bonds. The Morgan fingerprint density at radius 3 is 2.15 bits per heavy atom. The van der Waals surface area contributed by atoms with Crippen molar-refractivity contribution in [2.45, 2.75) is 47.2 Å². The summed E-state index contributed by atoms with van der Waals surface area (Å²) in [5, 5.41) is 3.43. The third-order valence-corrected chi connectivity index (χ3v) is 3.49. The summed E-state index contributed by atoms with van der Waals surface area (Å²) in [6.07, 6.45) is 0. The molecule has 0 saturated carbocycles. The highest BCUT2D eigenvalue weighted by molar-refractivity contribution is 5.60. The molecule has 0 radical (unpaired) electrons. The zero-order valence-electron chi connectivity index (χ0n) is 13.0. The minimum absolute atomic E-state index is 0.463. The molecule has 0 aliphatic heterocycles. The number of hydrogen-bond donors (Lipinski definition) is 1. The van der Waals surface area contributed by atoms with E-state index in [0.717, 1.165) is 29.3 Å². The van der Waals surface area contributed by atoms with Crippen molar-refractivity contribution in [3.8, 4) is 11.4 Å². The number of nitrogens with zero attached hydrogens (tertiary/aromatic N) is 2. The topological polar surface area (TPSA) is 37.8 Å². The van der Waals surface area contributed by atoms with Crippen LogP contribution in [0.4, 0.5) is 0 Å². The van der Waals surface area contributed by atoms with Crippen LogP contribution in [-0.2, 0) is 6.54 Å². The third kappa shape index (κ3) is 3.23. The highest BCUT2D eigenvalue weighted by Gasteiger charge is 2.11. The van der Waals surface area contributed by atoms with Crippen LogP contribution in [0.1, 0.15) is 36.4 Å². The van der Waals surface area contributed by atoms with Gasteiger partial charge in [0.1, 0.15) is 0 Å². The number of hydrogen-bond acceptors (Lipinski definition) is 3. The molecule has 3 heteroatoms. The molecule has 0 aliphatic rings. The number of rotatable bonds is 4. The Morgan fingerprint density at radius 1 is 1.00 bits per heavy atom. The van der Waals surface area contributed by atoms with Crippen LogP contribution in [0, 0.1) is 20.8 Å². The quantitative estimate of drug-likeness (QED) is 0.922. The predicted octanol–water partition coefficient (Wildman–Crippen LogP) is 3.57. The lowest BCUT2D eigenvalue weighted by Gasteiger charge is -2.14. The van der Waals surface area contributed by atoms with Crippen LogP contribution in [0.3, 0.4) is 0 Å². The van der Waals surface area contributed by atoms with Crippen molar-refractivity contribution in [1.82, 2.24) is 15.3 Å². The van der Waals surface area contributed by atoms with Crippen molar-refractivity contribution in [3.63, 3.8) is 0 Å². The van der Waals surface area contributed by atoms with Crippen molar-refractivity contribution in [2.24, 2.45) is 0 Å². The molecule has 0 unspecified atom stereocenters. The van der Waals surface area contributed by atoms with Crippen molar-refractivity contribution in [2.75, 3.05) is 0 Å². The normalized spacial score (nSPS) is 11.1. The molecule has 20 heavy (non-hydrogen) atoms. The van der Waals surface area contributed by atoms with E-state index in [-0.39, 0.29) is 0 Å². The van der Waals surface area contributed by atoms with Gasteiger partial charge in [-0.05, 0) is 26.3 Å². The van der Waals surface area contributed by atoms with Crippen molar-refractivity contribution in [3.05, 3.63) is 46.8 Å². The van der Waals surface area contributed by atoms with Crippen molar-refractivity contribution < 1.29 is 0 Å². The largest absolute Gasteiger partial charge is 0.310 e. The van der Waals surface area contributed by atoms with E-state index in [1.54, 1.807) is 0 Å². The highest BCUT2D eigenvalue weighted by atomic mass is 14.9. The average Bonchev–Trinajstić information content (AvgIpc) is 2.37. The maximum absolute atomic E-state index is 4.69. The van der Waals surface area contributed by atoms with Gasteiger partial charge in [0.15, 0.2) is 5.82 Å².